The lowest BCUT2D eigenvalue weighted by molar-refractivity contribution is 0.367. The van der Waals surface area contributed by atoms with Gasteiger partial charge in [-0.2, -0.15) is 5.10 Å². The van der Waals surface area contributed by atoms with E-state index in [4.69, 9.17) is 16.6 Å². The zero-order valence-electron chi connectivity index (χ0n) is 13.1. The summed E-state index contributed by atoms with van der Waals surface area (Å²) in [6, 6.07) is 0.378. The molecule has 112 valence electrons. The summed E-state index contributed by atoms with van der Waals surface area (Å²) in [4.78, 5) is 4.76. The van der Waals surface area contributed by atoms with E-state index < -0.39 is 0 Å². The highest BCUT2D eigenvalue weighted by Crippen LogP contribution is 2.29. The summed E-state index contributed by atoms with van der Waals surface area (Å²) in [6.45, 7) is 8.92. The number of aromatic nitrogens is 4. The van der Waals surface area contributed by atoms with E-state index in [0.29, 0.717) is 17.8 Å². The van der Waals surface area contributed by atoms with E-state index in [9.17, 15) is 0 Å². The molecule has 0 bridgehead atoms. The molecular formula is C15H25ClN4. The van der Waals surface area contributed by atoms with Crippen LogP contribution in [0.2, 0.25) is 0 Å². The lowest BCUT2D eigenvalue weighted by atomic mass is 10.0. The van der Waals surface area contributed by atoms with Gasteiger partial charge in [-0.05, 0) is 19.3 Å². The number of fused-ring (bicyclic) bond motifs is 1. The molecule has 4 nitrogen and oxygen atoms in total. The molecule has 0 saturated heterocycles. The van der Waals surface area contributed by atoms with Gasteiger partial charge in [0.15, 0.2) is 5.65 Å². The number of halogens is 1. The number of hydrogen-bond donors (Lipinski definition) is 0. The fourth-order valence-electron chi connectivity index (χ4n) is 2.77. The second-order valence-electron chi connectivity index (χ2n) is 5.65. The van der Waals surface area contributed by atoms with Crippen LogP contribution >= 0.6 is 11.6 Å². The van der Waals surface area contributed by atoms with Crippen molar-refractivity contribution < 1.29 is 0 Å². The van der Waals surface area contributed by atoms with E-state index >= 15 is 0 Å². The van der Waals surface area contributed by atoms with Crippen molar-refractivity contribution in [3.05, 3.63) is 11.5 Å². The van der Waals surface area contributed by atoms with Crippen LogP contribution in [-0.2, 0) is 19.3 Å². The first-order chi connectivity index (χ1) is 9.54. The van der Waals surface area contributed by atoms with Gasteiger partial charge in [-0.15, -0.1) is 11.6 Å². The summed E-state index contributed by atoms with van der Waals surface area (Å²) in [6.07, 6.45) is 3.19. The molecule has 20 heavy (non-hydrogen) atoms. The van der Waals surface area contributed by atoms with Crippen LogP contribution in [0, 0.1) is 5.92 Å². The van der Waals surface area contributed by atoms with Crippen molar-refractivity contribution in [2.75, 3.05) is 0 Å². The predicted octanol–water partition coefficient (Wildman–Crippen LogP) is 4.07. The van der Waals surface area contributed by atoms with E-state index in [0.717, 1.165) is 41.9 Å². The molecule has 0 N–H and O–H groups in total. The van der Waals surface area contributed by atoms with Crippen molar-refractivity contribution in [3.8, 4) is 0 Å². The van der Waals surface area contributed by atoms with Crippen LogP contribution in [0.25, 0.3) is 11.2 Å². The molecule has 0 aliphatic rings. The summed E-state index contributed by atoms with van der Waals surface area (Å²) in [5.74, 6) is 1.99. The molecule has 0 radical (unpaired) electrons. The van der Waals surface area contributed by atoms with Crippen molar-refractivity contribution in [2.24, 2.45) is 13.0 Å². The zero-order valence-corrected chi connectivity index (χ0v) is 13.9. The predicted molar refractivity (Wildman–Crippen MR) is 84.2 cm³/mol. The summed E-state index contributed by atoms with van der Waals surface area (Å²) in [5.41, 5.74) is 3.23. The van der Waals surface area contributed by atoms with Gasteiger partial charge in [-0.3, -0.25) is 4.68 Å². The largest absolute Gasteiger partial charge is 0.309 e. The number of aryl methyl sites for hydroxylation is 2. The first kappa shape index (κ1) is 15.4. The normalized spacial score (nSPS) is 14.9. The van der Waals surface area contributed by atoms with E-state index in [2.05, 4.69) is 37.4 Å². The van der Waals surface area contributed by atoms with Gasteiger partial charge in [0.25, 0.3) is 0 Å². The molecule has 0 fully saturated rings. The number of nitrogens with zero attached hydrogens (tertiary/aromatic N) is 4. The van der Waals surface area contributed by atoms with Gasteiger partial charge < -0.3 is 4.57 Å². The molecule has 2 aromatic heterocycles. The van der Waals surface area contributed by atoms with Gasteiger partial charge in [0.05, 0.1) is 11.6 Å². The molecule has 2 heterocycles. The third-order valence-corrected chi connectivity index (χ3v) is 4.53. The third kappa shape index (κ3) is 2.46. The molecule has 0 saturated carbocycles. The first-order valence-electron chi connectivity index (χ1n) is 7.53. The Hall–Kier alpha value is -1.03. The SMILES string of the molecule is CCCc1nn(C)c2c1nc(CCl)n2C(C)C(C)CC. The van der Waals surface area contributed by atoms with Crippen molar-refractivity contribution in [3.63, 3.8) is 0 Å². The van der Waals surface area contributed by atoms with Gasteiger partial charge in [-0.1, -0.05) is 33.6 Å². The summed E-state index contributed by atoms with van der Waals surface area (Å²) in [7, 11) is 2.00. The van der Waals surface area contributed by atoms with Crippen molar-refractivity contribution in [1.29, 1.82) is 0 Å². The molecule has 2 rings (SSSR count). The van der Waals surface area contributed by atoms with Crippen LogP contribution in [0.15, 0.2) is 0 Å². The Morgan fingerprint density at radius 3 is 2.50 bits per heavy atom. The van der Waals surface area contributed by atoms with Crippen LogP contribution in [0.5, 0.6) is 0 Å². The van der Waals surface area contributed by atoms with Gasteiger partial charge in [0.1, 0.15) is 11.3 Å². The highest BCUT2D eigenvalue weighted by molar-refractivity contribution is 6.16. The van der Waals surface area contributed by atoms with Gasteiger partial charge in [0.2, 0.25) is 0 Å². The highest BCUT2D eigenvalue weighted by Gasteiger charge is 2.23. The van der Waals surface area contributed by atoms with E-state index in [1.807, 2.05) is 11.7 Å². The van der Waals surface area contributed by atoms with Gasteiger partial charge in [-0.25, -0.2) is 4.98 Å². The summed E-state index contributed by atoms with van der Waals surface area (Å²) < 4.78 is 4.24. The van der Waals surface area contributed by atoms with Crippen molar-refractivity contribution in [2.45, 2.75) is 58.9 Å². The maximum absolute atomic E-state index is 6.12. The molecule has 2 aromatic rings. The van der Waals surface area contributed by atoms with Gasteiger partial charge >= 0.3 is 0 Å². The Morgan fingerprint density at radius 1 is 1.25 bits per heavy atom. The molecule has 0 aliphatic carbocycles. The molecule has 0 spiro atoms. The van der Waals surface area contributed by atoms with Crippen LogP contribution in [-0.4, -0.2) is 19.3 Å². The van der Waals surface area contributed by atoms with Crippen molar-refractivity contribution >= 4 is 22.8 Å². The molecule has 2 atom stereocenters. The molecule has 0 amide bonds. The Morgan fingerprint density at radius 2 is 1.95 bits per heavy atom. The second-order valence-corrected chi connectivity index (χ2v) is 5.92. The molecule has 5 heteroatoms. The topological polar surface area (TPSA) is 35.6 Å². The minimum absolute atomic E-state index is 0.378. The van der Waals surface area contributed by atoms with Gasteiger partial charge in [0, 0.05) is 13.1 Å². The lowest BCUT2D eigenvalue weighted by Crippen LogP contribution is -2.17. The van der Waals surface area contributed by atoms with Crippen LogP contribution in [0.4, 0.5) is 0 Å². The number of hydrogen-bond acceptors (Lipinski definition) is 2. The fourth-order valence-corrected chi connectivity index (χ4v) is 2.96. The molecule has 2 unspecified atom stereocenters. The Bertz CT molecular complexity index is 584. The minimum atomic E-state index is 0.378. The van der Waals surface area contributed by atoms with E-state index in [-0.39, 0.29) is 0 Å². The standard InChI is InChI=1S/C15H25ClN4/c1-6-8-12-14-15(19(5)18-12)20(13(9-16)17-14)11(4)10(3)7-2/h10-11H,6-9H2,1-5H3. The molecule has 0 aliphatic heterocycles. The third-order valence-electron chi connectivity index (χ3n) is 4.29. The summed E-state index contributed by atoms with van der Waals surface area (Å²) >= 11 is 6.12. The van der Waals surface area contributed by atoms with Crippen LogP contribution in [0.1, 0.15) is 58.1 Å². The smallest absolute Gasteiger partial charge is 0.158 e. The molecule has 0 aromatic carbocycles. The van der Waals surface area contributed by atoms with E-state index in [1.54, 1.807) is 0 Å². The number of alkyl halides is 1. The summed E-state index contributed by atoms with van der Waals surface area (Å²) in [5, 5.41) is 4.63. The fraction of sp³-hybridized carbons (Fsp3) is 0.733. The Balaban J connectivity index is 2.62. The van der Waals surface area contributed by atoms with Crippen LogP contribution < -0.4 is 0 Å². The highest BCUT2D eigenvalue weighted by atomic mass is 35.5. The lowest BCUT2D eigenvalue weighted by Gasteiger charge is -2.22. The quantitative estimate of drug-likeness (QED) is 0.753. The minimum Gasteiger partial charge on any atom is -0.309 e. The first-order valence-corrected chi connectivity index (χ1v) is 8.07. The number of imidazole rings is 1. The maximum atomic E-state index is 6.12. The van der Waals surface area contributed by atoms with E-state index in [1.165, 1.54) is 0 Å². The Labute approximate surface area is 126 Å². The average molecular weight is 297 g/mol. The average Bonchev–Trinajstić information content (AvgIpc) is 2.96. The maximum Gasteiger partial charge on any atom is 0.158 e. The monoisotopic (exact) mass is 296 g/mol. The molecular weight excluding hydrogens is 272 g/mol. The number of rotatable bonds is 6. The van der Waals surface area contributed by atoms with Crippen LogP contribution in [0.3, 0.4) is 0 Å². The second kappa shape index (κ2) is 6.17. The zero-order chi connectivity index (χ0) is 14.9. The Kier molecular flexibility index (Phi) is 4.74. The van der Waals surface area contributed by atoms with Crippen molar-refractivity contribution in [1.82, 2.24) is 19.3 Å².